The van der Waals surface area contributed by atoms with Crippen molar-refractivity contribution in [1.82, 2.24) is 20.1 Å². The first kappa shape index (κ1) is 20.8. The summed E-state index contributed by atoms with van der Waals surface area (Å²) in [6, 6.07) is 7.15. The molecule has 0 radical (unpaired) electrons. The summed E-state index contributed by atoms with van der Waals surface area (Å²) in [5, 5.41) is 9.51. The minimum Gasteiger partial charge on any atom is -0.323 e. The number of nitrogens with one attached hydrogen (secondary N) is 2. The summed E-state index contributed by atoms with van der Waals surface area (Å²) >= 11 is 0. The van der Waals surface area contributed by atoms with Crippen molar-refractivity contribution in [3.8, 4) is 11.1 Å². The lowest BCUT2D eigenvalue weighted by atomic mass is 9.99. The van der Waals surface area contributed by atoms with Gasteiger partial charge in [0.15, 0.2) is 0 Å². The van der Waals surface area contributed by atoms with E-state index in [1.54, 1.807) is 43.0 Å². The van der Waals surface area contributed by atoms with Crippen molar-refractivity contribution in [3.63, 3.8) is 0 Å². The van der Waals surface area contributed by atoms with E-state index in [2.05, 4.69) is 20.5 Å². The number of hydrogen-bond donors (Lipinski definition) is 2. The van der Waals surface area contributed by atoms with Crippen LogP contribution < -0.4 is 5.32 Å². The molecule has 0 saturated carbocycles. The fourth-order valence-corrected chi connectivity index (χ4v) is 3.63. The van der Waals surface area contributed by atoms with E-state index < -0.39 is 12.7 Å². The fourth-order valence-electron chi connectivity index (χ4n) is 3.63. The smallest absolute Gasteiger partial charge is 0.323 e. The van der Waals surface area contributed by atoms with Gasteiger partial charge in [-0.1, -0.05) is 6.07 Å². The van der Waals surface area contributed by atoms with Crippen LogP contribution in [0.1, 0.15) is 16.7 Å². The standard InChI is InChI=1S/C22H20F3N5O/c23-22(24,25)14-30-8-6-15-9-19(3-1-17(15)13-30)29-21(31)4-2-16-10-26-7-5-20(16)18-11-27-28-12-18/h1-5,7,9-12H,6,8,13-14H2,(H,27,28)(H,29,31). The number of amides is 1. The third kappa shape index (κ3) is 5.37. The Morgan fingerprint density at radius 1 is 1.23 bits per heavy atom. The molecular weight excluding hydrogens is 407 g/mol. The highest BCUT2D eigenvalue weighted by molar-refractivity contribution is 6.02. The Bertz CT molecular complexity index is 1090. The molecule has 2 N–H and O–H groups in total. The van der Waals surface area contributed by atoms with Crippen LogP contribution in [-0.4, -0.2) is 45.3 Å². The molecule has 6 nitrogen and oxygen atoms in total. The number of carbonyl (C=O) groups excluding carboxylic acids is 1. The molecule has 9 heteroatoms. The normalized spacial score (nSPS) is 14.5. The summed E-state index contributed by atoms with van der Waals surface area (Å²) in [7, 11) is 0. The summed E-state index contributed by atoms with van der Waals surface area (Å²) in [4.78, 5) is 17.9. The maximum atomic E-state index is 12.6. The zero-order valence-electron chi connectivity index (χ0n) is 16.5. The number of alkyl halides is 3. The van der Waals surface area contributed by atoms with E-state index in [4.69, 9.17) is 0 Å². The number of hydrogen-bond acceptors (Lipinski definition) is 4. The van der Waals surface area contributed by atoms with Crippen LogP contribution in [0.3, 0.4) is 0 Å². The fraction of sp³-hybridized carbons (Fsp3) is 0.227. The molecule has 0 bridgehead atoms. The SMILES string of the molecule is O=C(C=Cc1cnccc1-c1cn[nH]c1)Nc1ccc2c(c1)CCN(CC(F)(F)F)C2. The number of fused-ring (bicyclic) bond motifs is 1. The minimum atomic E-state index is -4.20. The van der Waals surface area contributed by atoms with Gasteiger partial charge in [-0.25, -0.2) is 0 Å². The van der Waals surface area contributed by atoms with E-state index in [-0.39, 0.29) is 12.5 Å². The molecule has 4 rings (SSSR count). The Morgan fingerprint density at radius 2 is 2.10 bits per heavy atom. The Balaban J connectivity index is 1.41. The molecule has 3 aromatic rings. The lowest BCUT2D eigenvalue weighted by Gasteiger charge is -2.29. The van der Waals surface area contributed by atoms with Gasteiger partial charge in [0.25, 0.3) is 0 Å². The van der Waals surface area contributed by atoms with Crippen molar-refractivity contribution < 1.29 is 18.0 Å². The molecule has 1 aliphatic heterocycles. The molecule has 0 spiro atoms. The van der Waals surface area contributed by atoms with Gasteiger partial charge in [0.1, 0.15) is 0 Å². The molecular formula is C22H20F3N5O. The van der Waals surface area contributed by atoms with E-state index in [1.165, 1.54) is 11.0 Å². The van der Waals surface area contributed by atoms with E-state index in [0.717, 1.165) is 27.8 Å². The van der Waals surface area contributed by atoms with Gasteiger partial charge in [-0.15, -0.1) is 0 Å². The van der Waals surface area contributed by atoms with Crippen LogP contribution in [0.5, 0.6) is 0 Å². The number of benzene rings is 1. The number of H-pyrrole nitrogens is 1. The first-order valence-electron chi connectivity index (χ1n) is 9.70. The second-order valence-electron chi connectivity index (χ2n) is 7.33. The highest BCUT2D eigenvalue weighted by Gasteiger charge is 2.32. The topological polar surface area (TPSA) is 73.9 Å². The third-order valence-corrected chi connectivity index (χ3v) is 5.04. The van der Waals surface area contributed by atoms with Crippen LogP contribution in [0.2, 0.25) is 0 Å². The predicted molar refractivity (Wildman–Crippen MR) is 111 cm³/mol. The molecule has 1 amide bonds. The number of aromatic amines is 1. The molecule has 0 unspecified atom stereocenters. The number of halogens is 3. The molecule has 1 aromatic carbocycles. The summed E-state index contributed by atoms with van der Waals surface area (Å²) in [6.45, 7) is -0.326. The van der Waals surface area contributed by atoms with Crippen LogP contribution in [0, 0.1) is 0 Å². The summed E-state index contributed by atoms with van der Waals surface area (Å²) < 4.78 is 37.9. The zero-order chi connectivity index (χ0) is 21.8. The lowest BCUT2D eigenvalue weighted by molar-refractivity contribution is -0.147. The number of carbonyl (C=O) groups is 1. The maximum absolute atomic E-state index is 12.6. The quantitative estimate of drug-likeness (QED) is 0.603. The van der Waals surface area contributed by atoms with Crippen molar-refractivity contribution in [3.05, 3.63) is 71.8 Å². The average Bonchev–Trinajstić information content (AvgIpc) is 3.26. The van der Waals surface area contributed by atoms with E-state index >= 15 is 0 Å². The molecule has 0 fully saturated rings. The molecule has 1 aliphatic rings. The average molecular weight is 427 g/mol. The molecule has 31 heavy (non-hydrogen) atoms. The maximum Gasteiger partial charge on any atom is 0.401 e. The Hall–Kier alpha value is -3.46. The predicted octanol–water partition coefficient (Wildman–Crippen LogP) is 4.04. The highest BCUT2D eigenvalue weighted by atomic mass is 19.4. The van der Waals surface area contributed by atoms with E-state index in [0.29, 0.717) is 18.7 Å². The van der Waals surface area contributed by atoms with Crippen molar-refractivity contribution in [2.75, 3.05) is 18.4 Å². The van der Waals surface area contributed by atoms with Crippen LogP contribution in [0.4, 0.5) is 18.9 Å². The van der Waals surface area contributed by atoms with Crippen molar-refractivity contribution in [2.45, 2.75) is 19.1 Å². The van der Waals surface area contributed by atoms with Crippen molar-refractivity contribution >= 4 is 17.7 Å². The summed E-state index contributed by atoms with van der Waals surface area (Å²) in [5.41, 5.74) is 4.97. The summed E-state index contributed by atoms with van der Waals surface area (Å²) in [6.07, 6.45) is 6.19. The minimum absolute atomic E-state index is 0.251. The lowest BCUT2D eigenvalue weighted by Crippen LogP contribution is -2.37. The Kier molecular flexibility index (Phi) is 5.85. The molecule has 3 heterocycles. The van der Waals surface area contributed by atoms with Crippen LogP contribution in [0.25, 0.3) is 17.2 Å². The van der Waals surface area contributed by atoms with Crippen LogP contribution in [-0.2, 0) is 17.8 Å². The Labute approximate surface area is 176 Å². The van der Waals surface area contributed by atoms with Crippen molar-refractivity contribution in [2.24, 2.45) is 0 Å². The molecule has 2 aromatic heterocycles. The number of aromatic nitrogens is 3. The van der Waals surface area contributed by atoms with Gasteiger partial charge >= 0.3 is 6.18 Å². The number of pyridine rings is 1. The van der Waals surface area contributed by atoms with Gasteiger partial charge in [0.2, 0.25) is 5.91 Å². The molecule has 160 valence electrons. The van der Waals surface area contributed by atoms with Gasteiger partial charge in [-0.3, -0.25) is 19.8 Å². The molecule has 0 atom stereocenters. The largest absolute Gasteiger partial charge is 0.401 e. The monoisotopic (exact) mass is 427 g/mol. The second-order valence-corrected chi connectivity index (χ2v) is 7.33. The Morgan fingerprint density at radius 3 is 2.87 bits per heavy atom. The second kappa shape index (κ2) is 8.73. The first-order valence-corrected chi connectivity index (χ1v) is 9.70. The third-order valence-electron chi connectivity index (χ3n) is 5.04. The van der Waals surface area contributed by atoms with Gasteiger partial charge < -0.3 is 5.32 Å². The molecule has 0 saturated heterocycles. The van der Waals surface area contributed by atoms with Gasteiger partial charge in [-0.05, 0) is 47.4 Å². The van der Waals surface area contributed by atoms with Gasteiger partial charge in [-0.2, -0.15) is 18.3 Å². The molecule has 0 aliphatic carbocycles. The highest BCUT2D eigenvalue weighted by Crippen LogP contribution is 2.26. The van der Waals surface area contributed by atoms with Crippen LogP contribution >= 0.6 is 0 Å². The summed E-state index contributed by atoms with van der Waals surface area (Å²) in [5.74, 6) is -0.309. The number of anilines is 1. The van der Waals surface area contributed by atoms with E-state index in [1.807, 2.05) is 12.1 Å². The van der Waals surface area contributed by atoms with Crippen molar-refractivity contribution in [1.29, 1.82) is 0 Å². The van der Waals surface area contributed by atoms with Gasteiger partial charge in [0.05, 0.1) is 12.7 Å². The van der Waals surface area contributed by atoms with Gasteiger partial charge in [0, 0.05) is 54.6 Å². The number of rotatable bonds is 5. The number of nitrogens with zero attached hydrogens (tertiary/aromatic N) is 3. The first-order chi connectivity index (χ1) is 14.9. The zero-order valence-corrected chi connectivity index (χ0v) is 16.5. The van der Waals surface area contributed by atoms with E-state index in [9.17, 15) is 18.0 Å². The van der Waals surface area contributed by atoms with Crippen LogP contribution in [0.15, 0.2) is 55.1 Å².